The van der Waals surface area contributed by atoms with E-state index in [1.54, 1.807) is 0 Å². The lowest BCUT2D eigenvalue weighted by Gasteiger charge is -2.38. The fourth-order valence-corrected chi connectivity index (χ4v) is 8.40. The summed E-state index contributed by atoms with van der Waals surface area (Å²) in [5.74, 6) is -2.44. The van der Waals surface area contributed by atoms with E-state index in [-0.39, 0.29) is 19.4 Å². The molecule has 394 valence electrons. The van der Waals surface area contributed by atoms with E-state index in [0.29, 0.717) is 12.8 Å². The number of rotatable bonds is 47. The lowest BCUT2D eigenvalue weighted by atomic mass is 9.99. The van der Waals surface area contributed by atoms with Crippen molar-refractivity contribution in [1.82, 2.24) is 0 Å². The zero-order valence-electron chi connectivity index (χ0n) is 43.1. The van der Waals surface area contributed by atoms with Gasteiger partial charge in [-0.2, -0.15) is 0 Å². The van der Waals surface area contributed by atoms with Crippen LogP contribution in [0, 0.1) is 0 Å². The standard InChI is InChI=1S/C57H100O11/c1-3-5-7-9-11-13-15-17-19-21-23-25-27-29-31-33-35-37-39-41-43-45-50(58)65-47-49(48-66-57-54(62)52(60)53(61)55(68-57)56(63)64)67-51(59)46-44-42-40-38-36-34-32-30-28-26-24-22-20-18-16-14-12-10-8-6-4-2/h5,7,11,13,17,19,23,25,49,52-55,57,60-62H,3-4,6,8-10,12,14-16,18,20-22,24,26-48H2,1-2H3,(H,63,64)/b7-5-,13-11-,19-17-,25-23-. The quantitative estimate of drug-likeness (QED) is 0.0260. The van der Waals surface area contributed by atoms with Gasteiger partial charge in [0.25, 0.3) is 0 Å². The second kappa shape index (κ2) is 46.5. The summed E-state index contributed by atoms with van der Waals surface area (Å²) in [5, 5.41) is 40.0. The Kier molecular flexibility index (Phi) is 43.3. The summed E-state index contributed by atoms with van der Waals surface area (Å²) in [5.41, 5.74) is 0. The Morgan fingerprint density at radius 2 is 0.868 bits per heavy atom. The molecule has 0 radical (unpaired) electrons. The number of unbranched alkanes of at least 4 members (excludes halogenated alkanes) is 28. The highest BCUT2D eigenvalue weighted by molar-refractivity contribution is 5.73. The van der Waals surface area contributed by atoms with Gasteiger partial charge in [-0.3, -0.25) is 9.59 Å². The molecule has 1 saturated heterocycles. The molecule has 6 atom stereocenters. The topological polar surface area (TPSA) is 169 Å². The molecule has 0 aromatic heterocycles. The van der Waals surface area contributed by atoms with Gasteiger partial charge in [-0.15, -0.1) is 0 Å². The van der Waals surface area contributed by atoms with E-state index in [1.807, 2.05) is 0 Å². The molecule has 1 heterocycles. The Bertz CT molecular complexity index is 1310. The number of aliphatic hydroxyl groups excluding tert-OH is 3. The van der Waals surface area contributed by atoms with E-state index >= 15 is 0 Å². The van der Waals surface area contributed by atoms with Gasteiger partial charge >= 0.3 is 17.9 Å². The van der Waals surface area contributed by atoms with Crippen molar-refractivity contribution in [3.8, 4) is 0 Å². The lowest BCUT2D eigenvalue weighted by Crippen LogP contribution is -2.60. The third-order valence-corrected chi connectivity index (χ3v) is 12.7. The van der Waals surface area contributed by atoms with E-state index in [1.165, 1.54) is 135 Å². The number of aliphatic carboxylic acids is 1. The minimum absolute atomic E-state index is 0.184. The number of esters is 2. The van der Waals surface area contributed by atoms with Crippen LogP contribution in [0.2, 0.25) is 0 Å². The van der Waals surface area contributed by atoms with Crippen LogP contribution in [0.1, 0.15) is 245 Å². The number of aliphatic hydroxyl groups is 3. The zero-order chi connectivity index (χ0) is 49.6. The normalized spacial score (nSPS) is 19.2. The monoisotopic (exact) mass is 961 g/mol. The van der Waals surface area contributed by atoms with Crippen molar-refractivity contribution in [3.63, 3.8) is 0 Å². The van der Waals surface area contributed by atoms with Crippen molar-refractivity contribution in [2.24, 2.45) is 0 Å². The lowest BCUT2D eigenvalue weighted by molar-refractivity contribution is -0.298. The van der Waals surface area contributed by atoms with Crippen molar-refractivity contribution in [2.45, 2.75) is 282 Å². The van der Waals surface area contributed by atoms with Crippen LogP contribution in [-0.2, 0) is 33.3 Å². The number of allylic oxidation sites excluding steroid dienone is 8. The molecule has 11 heteroatoms. The van der Waals surface area contributed by atoms with Gasteiger partial charge in [0.15, 0.2) is 18.5 Å². The molecule has 0 saturated carbocycles. The first-order valence-electron chi connectivity index (χ1n) is 27.7. The number of carbonyl (C=O) groups is 3. The minimum atomic E-state index is -1.86. The van der Waals surface area contributed by atoms with Crippen molar-refractivity contribution < 1.29 is 53.8 Å². The van der Waals surface area contributed by atoms with Gasteiger partial charge < -0.3 is 39.4 Å². The van der Waals surface area contributed by atoms with Gasteiger partial charge in [0, 0.05) is 12.8 Å². The number of carboxylic acids is 1. The smallest absolute Gasteiger partial charge is 0.335 e. The molecule has 0 bridgehead atoms. The molecule has 4 N–H and O–H groups in total. The van der Waals surface area contributed by atoms with Gasteiger partial charge in [0.05, 0.1) is 6.61 Å². The molecule has 0 amide bonds. The molecule has 0 aromatic rings. The third kappa shape index (κ3) is 37.1. The molecular weight excluding hydrogens is 861 g/mol. The Balaban J connectivity index is 2.26. The summed E-state index contributed by atoms with van der Waals surface area (Å²) in [4.78, 5) is 37.1. The van der Waals surface area contributed by atoms with Crippen LogP contribution >= 0.6 is 0 Å². The Morgan fingerprint density at radius 3 is 1.31 bits per heavy atom. The highest BCUT2D eigenvalue weighted by Gasteiger charge is 2.47. The summed E-state index contributed by atoms with van der Waals surface area (Å²) < 4.78 is 21.9. The Labute approximate surface area is 414 Å². The van der Waals surface area contributed by atoms with E-state index in [2.05, 4.69) is 62.5 Å². The molecule has 68 heavy (non-hydrogen) atoms. The van der Waals surface area contributed by atoms with E-state index in [4.69, 9.17) is 18.9 Å². The van der Waals surface area contributed by atoms with E-state index in [0.717, 1.165) is 70.6 Å². The van der Waals surface area contributed by atoms with Crippen LogP contribution in [-0.4, -0.2) is 88.4 Å². The summed E-state index contributed by atoms with van der Waals surface area (Å²) in [6.07, 6.45) is 48.7. The number of ether oxygens (including phenoxy) is 4. The molecule has 1 aliphatic heterocycles. The van der Waals surface area contributed by atoms with E-state index in [9.17, 15) is 34.8 Å². The summed E-state index contributed by atoms with van der Waals surface area (Å²) >= 11 is 0. The highest BCUT2D eigenvalue weighted by Crippen LogP contribution is 2.23. The minimum Gasteiger partial charge on any atom is -0.479 e. The second-order valence-corrected chi connectivity index (χ2v) is 19.1. The third-order valence-electron chi connectivity index (χ3n) is 12.7. The summed E-state index contributed by atoms with van der Waals surface area (Å²) in [7, 11) is 0. The van der Waals surface area contributed by atoms with Crippen molar-refractivity contribution in [1.29, 1.82) is 0 Å². The number of hydrogen-bond donors (Lipinski definition) is 4. The maximum atomic E-state index is 12.9. The van der Waals surface area contributed by atoms with Gasteiger partial charge in [0.2, 0.25) is 0 Å². The first kappa shape index (κ1) is 63.2. The van der Waals surface area contributed by atoms with Gasteiger partial charge in [-0.25, -0.2) is 4.79 Å². The van der Waals surface area contributed by atoms with Crippen molar-refractivity contribution in [2.75, 3.05) is 13.2 Å². The van der Waals surface area contributed by atoms with Crippen LogP contribution < -0.4 is 0 Å². The zero-order valence-corrected chi connectivity index (χ0v) is 43.1. The predicted molar refractivity (Wildman–Crippen MR) is 275 cm³/mol. The Hall–Kier alpha value is -2.83. The molecular formula is C57H100O11. The first-order chi connectivity index (χ1) is 33.2. The van der Waals surface area contributed by atoms with Crippen LogP contribution in [0.15, 0.2) is 48.6 Å². The average Bonchev–Trinajstić information content (AvgIpc) is 3.32. The Morgan fingerprint density at radius 1 is 0.471 bits per heavy atom. The van der Waals surface area contributed by atoms with Crippen molar-refractivity contribution in [3.05, 3.63) is 48.6 Å². The highest BCUT2D eigenvalue weighted by atomic mass is 16.7. The fourth-order valence-electron chi connectivity index (χ4n) is 8.40. The maximum absolute atomic E-state index is 12.9. The average molecular weight is 961 g/mol. The summed E-state index contributed by atoms with van der Waals surface area (Å²) in [6, 6.07) is 0. The second-order valence-electron chi connectivity index (χ2n) is 19.1. The van der Waals surface area contributed by atoms with E-state index < -0.39 is 61.3 Å². The van der Waals surface area contributed by atoms with Gasteiger partial charge in [-0.1, -0.05) is 229 Å². The van der Waals surface area contributed by atoms with Crippen LogP contribution in [0.4, 0.5) is 0 Å². The molecule has 1 rings (SSSR count). The first-order valence-corrected chi connectivity index (χ1v) is 27.7. The number of carboxylic acid groups (broad SMARTS) is 1. The van der Waals surface area contributed by atoms with Crippen LogP contribution in [0.25, 0.3) is 0 Å². The summed E-state index contributed by atoms with van der Waals surface area (Å²) in [6.45, 7) is 3.74. The number of carbonyl (C=O) groups excluding carboxylic acids is 2. The SMILES string of the molecule is CC/C=C\C/C=C\C/C=C\C/C=C\CCCCCCCCCCC(=O)OCC(COC1OC(C(=O)O)C(O)C(O)C1O)OC(=O)CCCCCCCCCCCCCCCCCCCCCCC. The molecule has 6 unspecified atom stereocenters. The van der Waals surface area contributed by atoms with Gasteiger partial charge in [-0.05, 0) is 51.4 Å². The van der Waals surface area contributed by atoms with Crippen LogP contribution in [0.5, 0.6) is 0 Å². The molecule has 1 aliphatic rings. The fraction of sp³-hybridized carbons (Fsp3) is 0.807. The van der Waals surface area contributed by atoms with Gasteiger partial charge in [0.1, 0.15) is 24.9 Å². The molecule has 1 fully saturated rings. The molecule has 0 aliphatic carbocycles. The largest absolute Gasteiger partial charge is 0.479 e. The molecule has 0 spiro atoms. The van der Waals surface area contributed by atoms with Crippen LogP contribution in [0.3, 0.4) is 0 Å². The number of hydrogen-bond acceptors (Lipinski definition) is 10. The molecule has 11 nitrogen and oxygen atoms in total. The maximum Gasteiger partial charge on any atom is 0.335 e. The predicted octanol–water partition coefficient (Wildman–Crippen LogP) is 13.7. The molecule has 0 aromatic carbocycles. The van der Waals surface area contributed by atoms with Crippen molar-refractivity contribution >= 4 is 17.9 Å².